The summed E-state index contributed by atoms with van der Waals surface area (Å²) in [6, 6.07) is 6.87. The number of halogens is 1. The minimum atomic E-state index is -3.32. The van der Waals surface area contributed by atoms with E-state index in [1.807, 2.05) is 6.07 Å². The number of rotatable bonds is 6. The van der Waals surface area contributed by atoms with Crippen molar-refractivity contribution in [2.24, 2.45) is 5.73 Å². The molecule has 4 N–H and O–H groups in total. The van der Waals surface area contributed by atoms with Gasteiger partial charge in [-0.05, 0) is 30.5 Å². The maximum atomic E-state index is 12.0. The molecule has 1 fully saturated rings. The van der Waals surface area contributed by atoms with Gasteiger partial charge in [0.25, 0.3) is 0 Å². The molecule has 0 aliphatic carbocycles. The van der Waals surface area contributed by atoms with Gasteiger partial charge in [0.05, 0.1) is 12.4 Å². The Hall–Kier alpha value is -1.35. The molecule has 23 heavy (non-hydrogen) atoms. The molecular formula is C14H22ClN3O4S. The van der Waals surface area contributed by atoms with Crippen LogP contribution in [-0.2, 0) is 26.1 Å². The smallest absolute Gasteiger partial charge is 0.249 e. The van der Waals surface area contributed by atoms with E-state index in [0.717, 1.165) is 18.2 Å². The Labute approximate surface area is 142 Å². The van der Waals surface area contributed by atoms with Crippen LogP contribution in [0.4, 0.5) is 5.69 Å². The van der Waals surface area contributed by atoms with Crippen LogP contribution >= 0.6 is 12.4 Å². The van der Waals surface area contributed by atoms with Crippen LogP contribution in [0, 0.1) is 0 Å². The Bertz CT molecular complexity index is 639. The van der Waals surface area contributed by atoms with Crippen molar-refractivity contribution in [2.75, 3.05) is 17.5 Å². The Morgan fingerprint density at radius 2 is 2.13 bits per heavy atom. The SMILES string of the molecule is CS(=O)(=O)Nc1cccc(CNC(=O)[C@@H]2CC[C@H](CN)O2)c1.Cl. The topological polar surface area (TPSA) is 111 Å². The van der Waals surface area contributed by atoms with Crippen LogP contribution in [0.1, 0.15) is 18.4 Å². The quantitative estimate of drug-likeness (QED) is 0.685. The van der Waals surface area contributed by atoms with E-state index >= 15 is 0 Å². The number of hydrogen-bond donors (Lipinski definition) is 3. The molecule has 0 bridgehead atoms. The largest absolute Gasteiger partial charge is 0.364 e. The highest BCUT2D eigenvalue weighted by atomic mass is 35.5. The van der Waals surface area contributed by atoms with Crippen LogP contribution in [0.15, 0.2) is 24.3 Å². The first-order valence-electron chi connectivity index (χ1n) is 7.07. The van der Waals surface area contributed by atoms with Crippen molar-refractivity contribution in [1.29, 1.82) is 0 Å². The van der Waals surface area contributed by atoms with E-state index < -0.39 is 16.1 Å². The molecule has 1 saturated heterocycles. The second kappa shape index (κ2) is 8.49. The third-order valence-corrected chi connectivity index (χ3v) is 3.97. The van der Waals surface area contributed by atoms with Crippen LogP contribution < -0.4 is 15.8 Å². The molecule has 2 rings (SSSR count). The van der Waals surface area contributed by atoms with Crippen molar-refractivity contribution in [3.05, 3.63) is 29.8 Å². The maximum absolute atomic E-state index is 12.0. The van der Waals surface area contributed by atoms with Gasteiger partial charge in [-0.1, -0.05) is 12.1 Å². The van der Waals surface area contributed by atoms with Gasteiger partial charge in [-0.3, -0.25) is 9.52 Å². The van der Waals surface area contributed by atoms with Gasteiger partial charge in [0.2, 0.25) is 15.9 Å². The summed E-state index contributed by atoms with van der Waals surface area (Å²) >= 11 is 0. The minimum Gasteiger partial charge on any atom is -0.364 e. The summed E-state index contributed by atoms with van der Waals surface area (Å²) in [5, 5.41) is 2.79. The normalized spacial score (nSPS) is 20.6. The van der Waals surface area contributed by atoms with Gasteiger partial charge >= 0.3 is 0 Å². The lowest BCUT2D eigenvalue weighted by molar-refractivity contribution is -0.132. The monoisotopic (exact) mass is 363 g/mol. The van der Waals surface area contributed by atoms with E-state index in [-0.39, 0.29) is 24.4 Å². The van der Waals surface area contributed by atoms with Crippen molar-refractivity contribution in [3.8, 4) is 0 Å². The second-order valence-corrected chi connectivity index (χ2v) is 7.10. The van der Waals surface area contributed by atoms with Crippen LogP contribution in [0.25, 0.3) is 0 Å². The highest BCUT2D eigenvalue weighted by Crippen LogP contribution is 2.19. The summed E-state index contributed by atoms with van der Waals surface area (Å²) < 4.78 is 30.3. The molecule has 1 aliphatic rings. The third-order valence-electron chi connectivity index (χ3n) is 3.36. The van der Waals surface area contributed by atoms with Gasteiger partial charge in [-0.15, -0.1) is 12.4 Å². The summed E-state index contributed by atoms with van der Waals surface area (Å²) in [4.78, 5) is 12.0. The lowest BCUT2D eigenvalue weighted by Gasteiger charge is -2.13. The lowest BCUT2D eigenvalue weighted by atomic mass is 10.1. The first-order chi connectivity index (χ1) is 10.4. The van der Waals surface area contributed by atoms with Crippen molar-refractivity contribution in [2.45, 2.75) is 31.6 Å². The number of anilines is 1. The predicted molar refractivity (Wildman–Crippen MR) is 91.0 cm³/mol. The number of carbonyl (C=O) groups is 1. The van der Waals surface area contributed by atoms with E-state index in [9.17, 15) is 13.2 Å². The third kappa shape index (κ3) is 6.34. The summed E-state index contributed by atoms with van der Waals surface area (Å²) in [5.74, 6) is -0.169. The number of nitrogens with two attached hydrogens (primary N) is 1. The second-order valence-electron chi connectivity index (χ2n) is 5.35. The van der Waals surface area contributed by atoms with E-state index in [0.29, 0.717) is 25.2 Å². The number of nitrogens with one attached hydrogen (secondary N) is 2. The van der Waals surface area contributed by atoms with Crippen molar-refractivity contribution >= 4 is 34.0 Å². The number of hydrogen-bond acceptors (Lipinski definition) is 5. The van der Waals surface area contributed by atoms with Crippen LogP contribution in [0.3, 0.4) is 0 Å². The molecule has 1 amide bonds. The Balaban J connectivity index is 0.00000264. The predicted octanol–water partition coefficient (Wildman–Crippen LogP) is 0.602. The zero-order chi connectivity index (χ0) is 16.2. The molecule has 0 unspecified atom stereocenters. The van der Waals surface area contributed by atoms with Crippen LogP contribution in [0.5, 0.6) is 0 Å². The lowest BCUT2D eigenvalue weighted by Crippen LogP contribution is -2.35. The van der Waals surface area contributed by atoms with Crippen LogP contribution in [0.2, 0.25) is 0 Å². The van der Waals surface area contributed by atoms with Crippen molar-refractivity contribution < 1.29 is 17.9 Å². The van der Waals surface area contributed by atoms with E-state index in [2.05, 4.69) is 10.0 Å². The molecule has 0 spiro atoms. The fraction of sp³-hybridized carbons (Fsp3) is 0.500. The Kier molecular flexibility index (Phi) is 7.27. The number of amides is 1. The van der Waals surface area contributed by atoms with Crippen molar-refractivity contribution in [1.82, 2.24) is 5.32 Å². The number of carbonyl (C=O) groups excluding carboxylic acids is 1. The Morgan fingerprint density at radius 1 is 1.39 bits per heavy atom. The Morgan fingerprint density at radius 3 is 2.74 bits per heavy atom. The van der Waals surface area contributed by atoms with Crippen LogP contribution in [-0.4, -0.2) is 39.3 Å². The van der Waals surface area contributed by atoms with Gasteiger partial charge in [-0.2, -0.15) is 0 Å². The van der Waals surface area contributed by atoms with E-state index in [4.69, 9.17) is 10.5 Å². The zero-order valence-electron chi connectivity index (χ0n) is 12.8. The average molecular weight is 364 g/mol. The molecular weight excluding hydrogens is 342 g/mol. The molecule has 130 valence electrons. The molecule has 1 aromatic carbocycles. The fourth-order valence-electron chi connectivity index (χ4n) is 2.33. The van der Waals surface area contributed by atoms with Gasteiger partial charge in [0.15, 0.2) is 0 Å². The zero-order valence-corrected chi connectivity index (χ0v) is 14.5. The van der Waals surface area contributed by atoms with Gasteiger partial charge in [-0.25, -0.2) is 8.42 Å². The molecule has 0 radical (unpaired) electrons. The minimum absolute atomic E-state index is 0. The van der Waals surface area contributed by atoms with Gasteiger partial charge in [0.1, 0.15) is 6.10 Å². The maximum Gasteiger partial charge on any atom is 0.249 e. The molecule has 1 heterocycles. The summed E-state index contributed by atoms with van der Waals surface area (Å²) in [6.45, 7) is 0.730. The first-order valence-corrected chi connectivity index (χ1v) is 8.96. The number of benzene rings is 1. The molecule has 0 saturated carbocycles. The fourth-order valence-corrected chi connectivity index (χ4v) is 2.89. The highest BCUT2D eigenvalue weighted by Gasteiger charge is 2.29. The highest BCUT2D eigenvalue weighted by molar-refractivity contribution is 7.92. The van der Waals surface area contributed by atoms with E-state index in [1.165, 1.54) is 0 Å². The molecule has 0 aromatic heterocycles. The molecule has 2 atom stereocenters. The summed E-state index contributed by atoms with van der Waals surface area (Å²) in [6.07, 6.45) is 2.06. The summed E-state index contributed by atoms with van der Waals surface area (Å²) in [5.41, 5.74) is 6.78. The molecule has 1 aliphatic heterocycles. The van der Waals surface area contributed by atoms with Gasteiger partial charge < -0.3 is 15.8 Å². The molecule has 9 heteroatoms. The molecule has 7 nitrogen and oxygen atoms in total. The number of ether oxygens (including phenoxy) is 1. The van der Waals surface area contributed by atoms with E-state index in [1.54, 1.807) is 18.2 Å². The molecule has 1 aromatic rings. The first kappa shape index (κ1) is 19.7. The van der Waals surface area contributed by atoms with Crippen molar-refractivity contribution in [3.63, 3.8) is 0 Å². The summed E-state index contributed by atoms with van der Waals surface area (Å²) in [7, 11) is -3.32. The standard InChI is InChI=1S/C14H21N3O4S.ClH/c1-22(19,20)17-11-4-2-3-10(7-11)9-16-14(18)13-6-5-12(8-15)21-13;/h2-4,7,12-13,17H,5-6,8-9,15H2,1H3,(H,16,18);1H/t12-,13+;/m1./s1. The number of sulfonamides is 1. The average Bonchev–Trinajstić information content (AvgIpc) is 2.92. The van der Waals surface area contributed by atoms with Gasteiger partial charge in [0, 0.05) is 18.8 Å².